The minimum atomic E-state index is -0.587. The molecule has 1 unspecified atom stereocenters. The summed E-state index contributed by atoms with van der Waals surface area (Å²) in [7, 11) is 0. The van der Waals surface area contributed by atoms with E-state index < -0.39 is 6.10 Å². The third-order valence-electron chi connectivity index (χ3n) is 10.6. The Morgan fingerprint density at radius 2 is 0.758 bits per heavy atom. The quantitative estimate of drug-likeness (QED) is 0.0347. The van der Waals surface area contributed by atoms with Crippen molar-refractivity contribution in [2.24, 2.45) is 0 Å². The number of rotatable bonds is 46. The van der Waals surface area contributed by atoms with Crippen LogP contribution in [0.15, 0.2) is 97.2 Å². The Morgan fingerprint density at radius 1 is 0.371 bits per heavy atom. The van der Waals surface area contributed by atoms with E-state index in [4.69, 9.17) is 14.2 Å². The highest BCUT2D eigenvalue weighted by Crippen LogP contribution is 2.14. The van der Waals surface area contributed by atoms with Crippen LogP contribution in [0.2, 0.25) is 0 Å². The van der Waals surface area contributed by atoms with Gasteiger partial charge < -0.3 is 14.2 Å². The van der Waals surface area contributed by atoms with Crippen LogP contribution in [0.1, 0.15) is 226 Å². The van der Waals surface area contributed by atoms with Crippen molar-refractivity contribution in [1.29, 1.82) is 0 Å². The zero-order chi connectivity index (χ0) is 44.9. The average Bonchev–Trinajstić information content (AvgIpc) is 3.27. The van der Waals surface area contributed by atoms with Crippen molar-refractivity contribution >= 4 is 11.9 Å². The van der Waals surface area contributed by atoms with Gasteiger partial charge in [0, 0.05) is 19.4 Å². The molecular formula is C57H96O5. The SMILES string of the molecule is CC/C=C\C/C=C\C/C=C\C/C=C\CCCCCCCOCC(COC(=O)CCCCCCCCCCCCCCCCC)OC(=O)CC/C=C\C/C=C\C/C=C\C/C=C\CC. The summed E-state index contributed by atoms with van der Waals surface area (Å²) in [4.78, 5) is 25.3. The molecule has 0 bridgehead atoms. The van der Waals surface area contributed by atoms with Gasteiger partial charge >= 0.3 is 11.9 Å². The normalized spacial score (nSPS) is 13.0. The second kappa shape index (κ2) is 52.2. The van der Waals surface area contributed by atoms with Crippen LogP contribution < -0.4 is 0 Å². The van der Waals surface area contributed by atoms with E-state index in [9.17, 15) is 9.59 Å². The van der Waals surface area contributed by atoms with Gasteiger partial charge in [0.25, 0.3) is 0 Å². The molecule has 0 aromatic rings. The van der Waals surface area contributed by atoms with E-state index in [1.165, 1.54) is 103 Å². The largest absolute Gasteiger partial charge is 0.462 e. The Bertz CT molecular complexity index is 1200. The van der Waals surface area contributed by atoms with Crippen molar-refractivity contribution < 1.29 is 23.8 Å². The number of allylic oxidation sites excluding steroid dienone is 16. The summed E-state index contributed by atoms with van der Waals surface area (Å²) in [5, 5.41) is 0. The maximum Gasteiger partial charge on any atom is 0.306 e. The minimum Gasteiger partial charge on any atom is -0.462 e. The van der Waals surface area contributed by atoms with E-state index in [2.05, 4.69) is 112 Å². The van der Waals surface area contributed by atoms with E-state index in [-0.39, 0.29) is 25.2 Å². The smallest absolute Gasteiger partial charge is 0.306 e. The second-order valence-electron chi connectivity index (χ2n) is 16.7. The number of unbranched alkanes of at least 4 members (excludes halogenated alkanes) is 19. The molecule has 0 aromatic carbocycles. The minimum absolute atomic E-state index is 0.0462. The molecule has 5 heteroatoms. The molecule has 5 nitrogen and oxygen atoms in total. The van der Waals surface area contributed by atoms with E-state index in [0.29, 0.717) is 25.9 Å². The van der Waals surface area contributed by atoms with Gasteiger partial charge in [-0.2, -0.15) is 0 Å². The summed E-state index contributed by atoms with van der Waals surface area (Å²) in [6.07, 6.45) is 70.0. The summed E-state index contributed by atoms with van der Waals surface area (Å²) < 4.78 is 17.3. The number of hydrogen-bond acceptors (Lipinski definition) is 5. The van der Waals surface area contributed by atoms with Gasteiger partial charge in [0.2, 0.25) is 0 Å². The van der Waals surface area contributed by atoms with Gasteiger partial charge in [0.1, 0.15) is 6.61 Å². The molecule has 0 saturated heterocycles. The van der Waals surface area contributed by atoms with Crippen LogP contribution in [0.25, 0.3) is 0 Å². The lowest BCUT2D eigenvalue weighted by Crippen LogP contribution is -2.30. The predicted octanol–water partition coefficient (Wildman–Crippen LogP) is 17.5. The Balaban J connectivity index is 4.38. The average molecular weight is 861 g/mol. The van der Waals surface area contributed by atoms with E-state index in [1.807, 2.05) is 6.08 Å². The maximum absolute atomic E-state index is 12.7. The first-order chi connectivity index (χ1) is 30.6. The van der Waals surface area contributed by atoms with Gasteiger partial charge in [-0.05, 0) is 83.5 Å². The van der Waals surface area contributed by atoms with Crippen LogP contribution in [-0.2, 0) is 23.8 Å². The van der Waals surface area contributed by atoms with Crippen LogP contribution in [0.3, 0.4) is 0 Å². The zero-order valence-electron chi connectivity index (χ0n) is 40.6. The zero-order valence-corrected chi connectivity index (χ0v) is 40.6. The number of ether oxygens (including phenoxy) is 3. The molecule has 0 amide bonds. The molecule has 0 aliphatic carbocycles. The van der Waals surface area contributed by atoms with Crippen molar-refractivity contribution in [2.75, 3.05) is 19.8 Å². The van der Waals surface area contributed by atoms with Crippen LogP contribution in [0, 0.1) is 0 Å². The highest BCUT2D eigenvalue weighted by atomic mass is 16.6. The van der Waals surface area contributed by atoms with Gasteiger partial charge in [0.05, 0.1) is 6.61 Å². The fraction of sp³-hybridized carbons (Fsp3) is 0.684. The second-order valence-corrected chi connectivity index (χ2v) is 16.7. The molecule has 0 aromatic heterocycles. The molecule has 0 heterocycles. The van der Waals surface area contributed by atoms with Crippen LogP contribution in [-0.4, -0.2) is 37.9 Å². The third-order valence-corrected chi connectivity index (χ3v) is 10.6. The molecule has 0 aliphatic rings. The van der Waals surface area contributed by atoms with Gasteiger partial charge in [-0.15, -0.1) is 0 Å². The first kappa shape index (κ1) is 58.8. The lowest BCUT2D eigenvalue weighted by molar-refractivity contribution is -0.162. The lowest BCUT2D eigenvalue weighted by Gasteiger charge is -2.18. The molecule has 354 valence electrons. The number of carbonyl (C=O) groups excluding carboxylic acids is 2. The van der Waals surface area contributed by atoms with Crippen molar-refractivity contribution in [2.45, 2.75) is 232 Å². The highest BCUT2D eigenvalue weighted by molar-refractivity contribution is 5.70. The fourth-order valence-corrected chi connectivity index (χ4v) is 6.87. The summed E-state index contributed by atoms with van der Waals surface area (Å²) >= 11 is 0. The first-order valence-electron chi connectivity index (χ1n) is 25.8. The van der Waals surface area contributed by atoms with Crippen LogP contribution in [0.4, 0.5) is 0 Å². The van der Waals surface area contributed by atoms with Crippen molar-refractivity contribution in [3.63, 3.8) is 0 Å². The Morgan fingerprint density at radius 3 is 1.23 bits per heavy atom. The maximum atomic E-state index is 12.7. The van der Waals surface area contributed by atoms with Crippen molar-refractivity contribution in [3.8, 4) is 0 Å². The topological polar surface area (TPSA) is 61.8 Å². The van der Waals surface area contributed by atoms with Gasteiger partial charge in [-0.3, -0.25) is 9.59 Å². The molecule has 0 saturated carbocycles. The monoisotopic (exact) mass is 861 g/mol. The molecule has 0 N–H and O–H groups in total. The standard InChI is InChI=1S/C57H96O5/c1-4-7-10-13-16-19-22-25-27-28-29-31-34-37-40-43-46-49-52-60-53-55(62-57(59)51-48-45-42-39-36-32-24-21-18-15-12-9-6-3)54-61-56(58)50-47-44-41-38-35-33-30-26-23-20-17-14-11-8-5-2/h7,9-10,12,16,18-19,21,25,27,29,31-32,36,42,45,55H,4-6,8,11,13-15,17,20,22-24,26,28,30,33-35,37-41,43-44,46-54H2,1-3H3/b10-7-,12-9-,19-16-,21-18-,27-25-,31-29-,36-32-,45-42-. The van der Waals surface area contributed by atoms with Crippen LogP contribution in [0.5, 0.6) is 0 Å². The molecule has 0 fully saturated rings. The predicted molar refractivity (Wildman–Crippen MR) is 270 cm³/mol. The summed E-state index contributed by atoms with van der Waals surface area (Å²) in [6.45, 7) is 7.49. The number of carbonyl (C=O) groups is 2. The van der Waals surface area contributed by atoms with E-state index in [1.54, 1.807) is 0 Å². The van der Waals surface area contributed by atoms with Crippen molar-refractivity contribution in [3.05, 3.63) is 97.2 Å². The first-order valence-corrected chi connectivity index (χ1v) is 25.8. The molecule has 0 aliphatic heterocycles. The third kappa shape index (κ3) is 49.5. The van der Waals surface area contributed by atoms with E-state index >= 15 is 0 Å². The van der Waals surface area contributed by atoms with Gasteiger partial charge in [-0.1, -0.05) is 227 Å². The summed E-state index contributed by atoms with van der Waals surface area (Å²) in [5.41, 5.74) is 0. The number of esters is 2. The highest BCUT2D eigenvalue weighted by Gasteiger charge is 2.17. The lowest BCUT2D eigenvalue weighted by atomic mass is 10.0. The Labute approximate surface area is 383 Å². The molecule has 0 rings (SSSR count). The molecule has 0 spiro atoms. The summed E-state index contributed by atoms with van der Waals surface area (Å²) in [6, 6.07) is 0. The molecular weight excluding hydrogens is 765 g/mol. The molecule has 1 atom stereocenters. The van der Waals surface area contributed by atoms with E-state index in [0.717, 1.165) is 83.5 Å². The fourth-order valence-electron chi connectivity index (χ4n) is 6.87. The van der Waals surface area contributed by atoms with Crippen molar-refractivity contribution in [1.82, 2.24) is 0 Å². The van der Waals surface area contributed by atoms with Crippen LogP contribution >= 0.6 is 0 Å². The van der Waals surface area contributed by atoms with Gasteiger partial charge in [-0.25, -0.2) is 0 Å². The molecule has 62 heavy (non-hydrogen) atoms. The Kier molecular flexibility index (Phi) is 49.5. The number of hydrogen-bond donors (Lipinski definition) is 0. The summed E-state index contributed by atoms with van der Waals surface area (Å²) in [5.74, 6) is -0.501. The molecule has 0 radical (unpaired) electrons. The van der Waals surface area contributed by atoms with Gasteiger partial charge in [0.15, 0.2) is 6.10 Å². The Hall–Kier alpha value is -3.18.